The molecule has 41 heavy (non-hydrogen) atoms. The van der Waals surface area contributed by atoms with E-state index in [4.69, 9.17) is 9.97 Å². The number of fused-ring (bicyclic) bond motifs is 4. The molecule has 7 heteroatoms. The molecule has 5 heterocycles. The fourth-order valence-corrected chi connectivity index (χ4v) is 7.15. The number of imidazole rings is 2. The van der Waals surface area contributed by atoms with Crippen molar-refractivity contribution in [3.8, 4) is 0 Å². The van der Waals surface area contributed by atoms with Gasteiger partial charge in [0.2, 0.25) is 0 Å². The van der Waals surface area contributed by atoms with E-state index in [0.717, 1.165) is 47.7 Å². The van der Waals surface area contributed by atoms with Crippen LogP contribution in [0.4, 0.5) is 0 Å². The SMILES string of the molecule is CCc1nc2c(C)cc(C)nc2n1Cc1ccc(C=CCN2[C@@H]3CC[C@H]2CC(n2cnc4ccccc42)C3)cc1.Cl. The summed E-state index contributed by atoms with van der Waals surface area (Å²) in [5.41, 5.74) is 9.18. The number of piperidine rings is 1. The number of benzene rings is 2. The number of para-hydroxylation sites is 2. The van der Waals surface area contributed by atoms with Crippen molar-refractivity contribution in [2.75, 3.05) is 6.54 Å². The standard InChI is InChI=1S/C34H38N6.ClH/c1-4-32-37-33-23(2)18-24(3)36-34(33)39(32)21-26-13-11-25(12-14-26)8-7-17-38-27-15-16-28(38)20-29(19-27)40-22-35-30-9-5-6-10-31(30)40;/h5-14,18,22,27-29H,4,15-17,19-21H2,1-3H3;1H/t27-,28+,29?;. The zero-order valence-corrected chi connectivity index (χ0v) is 25.0. The van der Waals surface area contributed by atoms with Gasteiger partial charge in [0.05, 0.1) is 23.9 Å². The van der Waals surface area contributed by atoms with Gasteiger partial charge in [0.25, 0.3) is 0 Å². The van der Waals surface area contributed by atoms with Crippen LogP contribution in [0.25, 0.3) is 28.3 Å². The predicted octanol–water partition coefficient (Wildman–Crippen LogP) is 7.31. The van der Waals surface area contributed by atoms with Crippen LogP contribution in [0.3, 0.4) is 0 Å². The van der Waals surface area contributed by atoms with E-state index in [9.17, 15) is 0 Å². The van der Waals surface area contributed by atoms with Gasteiger partial charge in [-0.05, 0) is 74.4 Å². The van der Waals surface area contributed by atoms with E-state index in [1.807, 2.05) is 0 Å². The molecule has 0 saturated carbocycles. The minimum absolute atomic E-state index is 0. The summed E-state index contributed by atoms with van der Waals surface area (Å²) in [6, 6.07) is 21.5. The van der Waals surface area contributed by atoms with Crippen LogP contribution in [0.5, 0.6) is 0 Å². The number of hydrogen-bond donors (Lipinski definition) is 0. The minimum Gasteiger partial charge on any atom is -0.327 e. The molecule has 7 rings (SSSR count). The lowest BCUT2D eigenvalue weighted by Crippen LogP contribution is -2.43. The van der Waals surface area contributed by atoms with Gasteiger partial charge in [0, 0.05) is 36.8 Å². The molecule has 2 aliphatic heterocycles. The van der Waals surface area contributed by atoms with Gasteiger partial charge in [0.15, 0.2) is 5.65 Å². The molecule has 3 aromatic heterocycles. The molecule has 2 saturated heterocycles. The van der Waals surface area contributed by atoms with Gasteiger partial charge in [-0.1, -0.05) is 55.5 Å². The molecule has 2 aromatic carbocycles. The van der Waals surface area contributed by atoms with Crippen LogP contribution in [0.1, 0.15) is 66.9 Å². The van der Waals surface area contributed by atoms with Gasteiger partial charge in [-0.3, -0.25) is 4.90 Å². The van der Waals surface area contributed by atoms with Crippen molar-refractivity contribution in [3.05, 3.63) is 95.2 Å². The largest absolute Gasteiger partial charge is 0.327 e. The number of nitrogens with zero attached hydrogens (tertiary/aromatic N) is 6. The third kappa shape index (κ3) is 5.20. The first-order chi connectivity index (χ1) is 19.6. The summed E-state index contributed by atoms with van der Waals surface area (Å²) in [5.74, 6) is 1.10. The van der Waals surface area contributed by atoms with Crippen molar-refractivity contribution in [1.29, 1.82) is 0 Å². The van der Waals surface area contributed by atoms with Gasteiger partial charge in [-0.15, -0.1) is 12.4 Å². The molecule has 6 nitrogen and oxygen atoms in total. The molecule has 0 radical (unpaired) electrons. The third-order valence-electron chi connectivity index (χ3n) is 9.10. The molecule has 2 bridgehead atoms. The molecule has 0 N–H and O–H groups in total. The Morgan fingerprint density at radius 1 is 0.927 bits per heavy atom. The van der Waals surface area contributed by atoms with Crippen molar-refractivity contribution in [1.82, 2.24) is 29.0 Å². The maximum Gasteiger partial charge on any atom is 0.160 e. The molecule has 2 fully saturated rings. The van der Waals surface area contributed by atoms with Gasteiger partial charge >= 0.3 is 0 Å². The highest BCUT2D eigenvalue weighted by atomic mass is 35.5. The first-order valence-corrected chi connectivity index (χ1v) is 14.8. The highest BCUT2D eigenvalue weighted by molar-refractivity contribution is 5.85. The van der Waals surface area contributed by atoms with E-state index in [1.165, 1.54) is 47.9 Å². The number of pyridine rings is 1. The molecule has 1 unspecified atom stereocenters. The fourth-order valence-electron chi connectivity index (χ4n) is 7.15. The molecule has 0 spiro atoms. The van der Waals surface area contributed by atoms with Crippen molar-refractivity contribution >= 4 is 40.7 Å². The summed E-state index contributed by atoms with van der Waals surface area (Å²) >= 11 is 0. The van der Waals surface area contributed by atoms with Gasteiger partial charge in [-0.25, -0.2) is 15.0 Å². The third-order valence-corrected chi connectivity index (χ3v) is 9.10. The average molecular weight is 567 g/mol. The fraction of sp³-hybridized carbons (Fsp3) is 0.382. The van der Waals surface area contributed by atoms with Crippen LogP contribution in [0, 0.1) is 13.8 Å². The maximum atomic E-state index is 4.90. The molecule has 0 aliphatic carbocycles. The highest BCUT2D eigenvalue weighted by Gasteiger charge is 2.40. The van der Waals surface area contributed by atoms with E-state index in [-0.39, 0.29) is 12.4 Å². The van der Waals surface area contributed by atoms with Crippen LogP contribution in [-0.4, -0.2) is 47.6 Å². The van der Waals surface area contributed by atoms with E-state index in [0.29, 0.717) is 18.1 Å². The molecule has 0 amide bonds. The Kier molecular flexibility index (Phi) is 7.71. The zero-order valence-electron chi connectivity index (χ0n) is 24.2. The van der Waals surface area contributed by atoms with Gasteiger partial charge in [-0.2, -0.15) is 0 Å². The summed E-state index contributed by atoms with van der Waals surface area (Å²) in [4.78, 5) is 17.1. The van der Waals surface area contributed by atoms with Gasteiger partial charge in [0.1, 0.15) is 11.3 Å². The lowest BCUT2D eigenvalue weighted by Gasteiger charge is -2.39. The quantitative estimate of drug-likeness (QED) is 0.207. The first-order valence-electron chi connectivity index (χ1n) is 14.8. The van der Waals surface area contributed by atoms with E-state index < -0.39 is 0 Å². The summed E-state index contributed by atoms with van der Waals surface area (Å²) in [6.45, 7) is 8.18. The van der Waals surface area contributed by atoms with Crippen LogP contribution >= 0.6 is 12.4 Å². The molecular weight excluding hydrogens is 528 g/mol. The Bertz CT molecular complexity index is 1680. The van der Waals surface area contributed by atoms with Crippen LogP contribution in [0.2, 0.25) is 0 Å². The Morgan fingerprint density at radius 2 is 1.68 bits per heavy atom. The topological polar surface area (TPSA) is 51.8 Å². The number of hydrogen-bond acceptors (Lipinski definition) is 4. The van der Waals surface area contributed by atoms with E-state index in [2.05, 4.69) is 113 Å². The maximum absolute atomic E-state index is 4.90. The number of aromatic nitrogens is 5. The highest BCUT2D eigenvalue weighted by Crippen LogP contribution is 2.41. The van der Waals surface area contributed by atoms with Crippen molar-refractivity contribution in [2.24, 2.45) is 0 Å². The van der Waals surface area contributed by atoms with Crippen LogP contribution < -0.4 is 0 Å². The molecular formula is C34H39ClN6. The average Bonchev–Trinajstić information content (AvgIpc) is 3.61. The Morgan fingerprint density at radius 3 is 2.44 bits per heavy atom. The van der Waals surface area contributed by atoms with Crippen LogP contribution in [-0.2, 0) is 13.0 Å². The predicted molar refractivity (Wildman–Crippen MR) is 170 cm³/mol. The zero-order chi connectivity index (χ0) is 27.2. The van der Waals surface area contributed by atoms with Crippen molar-refractivity contribution < 1.29 is 0 Å². The first kappa shape index (κ1) is 27.7. The van der Waals surface area contributed by atoms with Gasteiger partial charge < -0.3 is 9.13 Å². The smallest absolute Gasteiger partial charge is 0.160 e. The minimum atomic E-state index is 0. The molecule has 2 aliphatic rings. The van der Waals surface area contributed by atoms with E-state index >= 15 is 0 Å². The summed E-state index contributed by atoms with van der Waals surface area (Å²) < 4.78 is 4.72. The number of rotatable bonds is 7. The normalized spacial score (nSPS) is 20.8. The van der Waals surface area contributed by atoms with Crippen molar-refractivity contribution in [2.45, 2.75) is 77.5 Å². The monoisotopic (exact) mass is 566 g/mol. The lowest BCUT2D eigenvalue weighted by atomic mass is 9.96. The number of aryl methyl sites for hydroxylation is 3. The van der Waals surface area contributed by atoms with Crippen molar-refractivity contribution in [3.63, 3.8) is 0 Å². The lowest BCUT2D eigenvalue weighted by molar-refractivity contribution is 0.122. The second kappa shape index (κ2) is 11.4. The summed E-state index contributed by atoms with van der Waals surface area (Å²) in [7, 11) is 0. The Labute approximate surface area is 248 Å². The summed E-state index contributed by atoms with van der Waals surface area (Å²) in [6.07, 6.45) is 12.7. The molecule has 3 atom stereocenters. The Hall–Kier alpha value is -3.48. The van der Waals surface area contributed by atoms with E-state index in [1.54, 1.807) is 0 Å². The summed E-state index contributed by atoms with van der Waals surface area (Å²) in [5, 5.41) is 0. The number of halogens is 1. The Balaban J connectivity index is 0.00000302. The second-order valence-corrected chi connectivity index (χ2v) is 11.7. The molecule has 5 aromatic rings. The second-order valence-electron chi connectivity index (χ2n) is 11.7. The molecule has 212 valence electrons. The van der Waals surface area contributed by atoms with Crippen LogP contribution in [0.15, 0.2) is 67.0 Å².